The topological polar surface area (TPSA) is 32.1 Å². The lowest BCUT2D eigenvalue weighted by Gasteiger charge is -2.38. The Labute approximate surface area is 186 Å². The Balaban J connectivity index is 1.64. The average Bonchev–Trinajstić information content (AvgIpc) is 3.36. The number of anilines is 1. The third-order valence-electron chi connectivity index (χ3n) is 5.58. The van der Waals surface area contributed by atoms with Crippen molar-refractivity contribution in [3.05, 3.63) is 63.1 Å². The highest BCUT2D eigenvalue weighted by Gasteiger charge is 2.71. The number of nitrogens with zero attached hydrogens (tertiary/aromatic N) is 1. The zero-order valence-electron chi connectivity index (χ0n) is 16.2. The number of hydrogen-bond acceptors (Lipinski definition) is 3. The van der Waals surface area contributed by atoms with Gasteiger partial charge in [-0.25, -0.2) is 0 Å². The van der Waals surface area contributed by atoms with E-state index in [1.165, 1.54) is 23.1 Å². The number of aryl methyl sites for hydroxylation is 1. The summed E-state index contributed by atoms with van der Waals surface area (Å²) in [5.41, 5.74) is -0.946. The van der Waals surface area contributed by atoms with E-state index < -0.39 is 11.7 Å². The van der Waals surface area contributed by atoms with E-state index in [9.17, 15) is 18.0 Å². The number of amides is 1. The summed E-state index contributed by atoms with van der Waals surface area (Å²) < 4.78 is 42.4. The van der Waals surface area contributed by atoms with Crippen LogP contribution in [-0.4, -0.2) is 35.7 Å². The largest absolute Gasteiger partial charge is 0.417 e. The molecule has 9 heteroatoms. The van der Waals surface area contributed by atoms with E-state index in [0.29, 0.717) is 16.8 Å². The molecule has 2 aliphatic heterocycles. The van der Waals surface area contributed by atoms with Gasteiger partial charge in [-0.2, -0.15) is 24.9 Å². The predicted octanol–water partition coefficient (Wildman–Crippen LogP) is 5.81. The first-order valence-electron chi connectivity index (χ1n) is 9.27. The molecule has 2 heterocycles. The van der Waals surface area contributed by atoms with Crippen molar-refractivity contribution in [2.45, 2.75) is 31.1 Å². The highest BCUT2D eigenvalue weighted by Crippen LogP contribution is 2.57. The van der Waals surface area contributed by atoms with Gasteiger partial charge in [0.2, 0.25) is 0 Å². The van der Waals surface area contributed by atoms with Crippen LogP contribution in [0.3, 0.4) is 0 Å². The van der Waals surface area contributed by atoms with Gasteiger partial charge in [-0.3, -0.25) is 4.79 Å². The van der Waals surface area contributed by atoms with Gasteiger partial charge < -0.3 is 10.2 Å². The molecule has 3 nitrogen and oxygen atoms in total. The SMILES string of the molecule is Cc1cc(N2CC2(c2cc(Cl)cc(Cl)c2)C(F)(F)F)ccc1C(=O)NC1(C)CSC1. The van der Waals surface area contributed by atoms with Crippen LogP contribution >= 0.6 is 35.0 Å². The number of thioether (sulfide) groups is 1. The summed E-state index contributed by atoms with van der Waals surface area (Å²) in [6.45, 7) is 3.47. The number of alkyl halides is 3. The number of carbonyl (C=O) groups excluding carboxylic acids is 1. The predicted molar refractivity (Wildman–Crippen MR) is 116 cm³/mol. The van der Waals surface area contributed by atoms with Gasteiger partial charge in [0.1, 0.15) is 0 Å². The fourth-order valence-electron chi connectivity index (χ4n) is 3.84. The summed E-state index contributed by atoms with van der Waals surface area (Å²) in [5, 5.41) is 3.31. The fraction of sp³-hybridized carbons (Fsp3) is 0.381. The van der Waals surface area contributed by atoms with E-state index in [1.807, 2.05) is 6.92 Å². The van der Waals surface area contributed by atoms with Crippen molar-refractivity contribution < 1.29 is 18.0 Å². The third-order valence-corrected chi connectivity index (χ3v) is 7.70. The van der Waals surface area contributed by atoms with E-state index in [-0.39, 0.29) is 33.6 Å². The van der Waals surface area contributed by atoms with Crippen LogP contribution in [0.2, 0.25) is 10.0 Å². The summed E-state index contributed by atoms with van der Waals surface area (Å²) in [7, 11) is 0. The molecule has 1 unspecified atom stereocenters. The van der Waals surface area contributed by atoms with Gasteiger partial charge in [0.25, 0.3) is 5.91 Å². The molecule has 0 spiro atoms. The Hall–Kier alpha value is -1.57. The van der Waals surface area contributed by atoms with Gasteiger partial charge >= 0.3 is 6.18 Å². The molecule has 2 aliphatic rings. The smallest absolute Gasteiger partial charge is 0.349 e. The number of halogens is 5. The number of carbonyl (C=O) groups is 1. The molecule has 1 atom stereocenters. The lowest BCUT2D eigenvalue weighted by molar-refractivity contribution is -0.158. The highest BCUT2D eigenvalue weighted by molar-refractivity contribution is 8.00. The quantitative estimate of drug-likeness (QED) is 0.566. The summed E-state index contributed by atoms with van der Waals surface area (Å²) in [6, 6.07) is 8.76. The first-order chi connectivity index (χ1) is 13.9. The van der Waals surface area contributed by atoms with E-state index in [0.717, 1.165) is 11.5 Å². The molecule has 4 rings (SSSR count). The molecule has 0 bridgehead atoms. The zero-order valence-corrected chi connectivity index (χ0v) is 18.6. The van der Waals surface area contributed by atoms with Gasteiger partial charge in [-0.1, -0.05) is 23.2 Å². The average molecular weight is 475 g/mol. The molecule has 0 aliphatic carbocycles. The van der Waals surface area contributed by atoms with Crippen LogP contribution in [-0.2, 0) is 5.54 Å². The first kappa shape index (κ1) is 21.7. The first-order valence-corrected chi connectivity index (χ1v) is 11.2. The van der Waals surface area contributed by atoms with Crippen LogP contribution in [0, 0.1) is 6.92 Å². The molecule has 0 radical (unpaired) electrons. The van der Waals surface area contributed by atoms with Crippen LogP contribution in [0.4, 0.5) is 18.9 Å². The molecule has 2 saturated heterocycles. The van der Waals surface area contributed by atoms with Gasteiger partial charge in [0, 0.05) is 32.8 Å². The molecular weight excluding hydrogens is 456 g/mol. The number of hydrogen-bond donors (Lipinski definition) is 1. The van der Waals surface area contributed by atoms with Crippen molar-refractivity contribution in [3.63, 3.8) is 0 Å². The van der Waals surface area contributed by atoms with Crippen LogP contribution < -0.4 is 10.2 Å². The van der Waals surface area contributed by atoms with E-state index in [1.54, 1.807) is 36.9 Å². The minimum atomic E-state index is -4.53. The summed E-state index contributed by atoms with van der Waals surface area (Å²) >= 11 is 13.7. The molecule has 30 heavy (non-hydrogen) atoms. The highest BCUT2D eigenvalue weighted by atomic mass is 35.5. The summed E-state index contributed by atoms with van der Waals surface area (Å²) in [5.74, 6) is 1.48. The Bertz CT molecular complexity index is 1010. The minimum absolute atomic E-state index is 0.00220. The second kappa shape index (κ2) is 7.24. The van der Waals surface area contributed by atoms with Crippen molar-refractivity contribution in [2.75, 3.05) is 23.0 Å². The van der Waals surface area contributed by atoms with Gasteiger partial charge in [0.05, 0.1) is 12.1 Å². The molecule has 2 fully saturated rings. The normalized spacial score (nSPS) is 22.4. The summed E-state index contributed by atoms with van der Waals surface area (Å²) in [6.07, 6.45) is -4.53. The van der Waals surface area contributed by atoms with Crippen molar-refractivity contribution >= 4 is 46.6 Å². The standard InChI is InChI=1S/C21H19Cl2F3N2OS/c1-12-5-16(3-4-17(12)18(29)27-19(2)10-30-11-19)28-9-20(28,21(24,25)26)13-6-14(22)8-15(23)7-13/h3-8H,9-11H2,1-2H3,(H,27,29). The second-order valence-corrected chi connectivity index (χ2v) is 9.97. The lowest BCUT2D eigenvalue weighted by atomic mass is 9.98. The van der Waals surface area contributed by atoms with E-state index in [2.05, 4.69) is 5.32 Å². The van der Waals surface area contributed by atoms with Crippen LogP contribution in [0.25, 0.3) is 0 Å². The maximum absolute atomic E-state index is 14.1. The van der Waals surface area contributed by atoms with Crippen LogP contribution in [0.15, 0.2) is 36.4 Å². The number of benzene rings is 2. The Morgan fingerprint density at radius 1 is 1.13 bits per heavy atom. The van der Waals surface area contributed by atoms with Crippen molar-refractivity contribution in [2.24, 2.45) is 0 Å². The van der Waals surface area contributed by atoms with Crippen molar-refractivity contribution in [1.29, 1.82) is 0 Å². The second-order valence-electron chi connectivity index (χ2n) is 8.11. The monoisotopic (exact) mass is 474 g/mol. The number of nitrogens with one attached hydrogen (secondary N) is 1. The van der Waals surface area contributed by atoms with Crippen LogP contribution in [0.1, 0.15) is 28.4 Å². The molecule has 1 N–H and O–H groups in total. The molecule has 2 aromatic rings. The Morgan fingerprint density at radius 2 is 1.77 bits per heavy atom. The third kappa shape index (κ3) is 3.65. The molecule has 0 aromatic heterocycles. The van der Waals surface area contributed by atoms with Crippen molar-refractivity contribution in [1.82, 2.24) is 5.32 Å². The molecular formula is C21H19Cl2F3N2OS. The molecule has 0 saturated carbocycles. The van der Waals surface area contributed by atoms with E-state index >= 15 is 0 Å². The molecule has 1 amide bonds. The zero-order chi connectivity index (χ0) is 21.9. The van der Waals surface area contributed by atoms with Crippen LogP contribution in [0.5, 0.6) is 0 Å². The van der Waals surface area contributed by atoms with Gasteiger partial charge in [0.15, 0.2) is 5.54 Å². The maximum atomic E-state index is 14.1. The molecule has 160 valence electrons. The minimum Gasteiger partial charge on any atom is -0.349 e. The lowest BCUT2D eigenvalue weighted by Crippen LogP contribution is -2.55. The van der Waals surface area contributed by atoms with E-state index in [4.69, 9.17) is 23.2 Å². The maximum Gasteiger partial charge on any atom is 0.417 e. The Kier molecular flexibility index (Phi) is 5.23. The Morgan fingerprint density at radius 3 is 2.27 bits per heavy atom. The molecule has 2 aromatic carbocycles. The fourth-order valence-corrected chi connectivity index (χ4v) is 5.33. The van der Waals surface area contributed by atoms with Gasteiger partial charge in [-0.15, -0.1) is 0 Å². The number of rotatable bonds is 4. The summed E-state index contributed by atoms with van der Waals surface area (Å²) in [4.78, 5) is 13.9. The van der Waals surface area contributed by atoms with Gasteiger partial charge in [-0.05, 0) is 61.4 Å². The van der Waals surface area contributed by atoms with Crippen molar-refractivity contribution in [3.8, 4) is 0 Å².